The van der Waals surface area contributed by atoms with Crippen LogP contribution < -0.4 is 5.32 Å². The van der Waals surface area contributed by atoms with Crippen LogP contribution in [0.25, 0.3) is 0 Å². The summed E-state index contributed by atoms with van der Waals surface area (Å²) in [5.41, 5.74) is 0. The van der Waals surface area contributed by atoms with Crippen molar-refractivity contribution >= 4 is 11.9 Å². The fourth-order valence-corrected chi connectivity index (χ4v) is 9.01. The van der Waals surface area contributed by atoms with E-state index >= 15 is 0 Å². The number of allylic oxidation sites excluding steroid dienone is 15. The molecule has 0 saturated carbocycles. The first-order valence-electron chi connectivity index (χ1n) is 30.6. The standard InChI is InChI=1S/C65H111NO10/c1-4-7-10-13-16-19-22-25-26-27-28-29-30-31-32-33-35-37-40-43-46-49-52-58(69)64(73)66-56(57(68)51-48-45-42-39-36-24-21-18-15-12-9-6-3)55-74-65-63(62(72)61(71)59(54-67)75-65)76-60(70)53-50-47-44-41-38-34-23-20-17-14-11-8-5-2/h8,11,14,16-17,19-20,23,25-26,34,38,41,44,48,51,56-59,61-63,65,67-69,71-72H,4-7,9-10,12-13,15,18,21-22,24,27-33,35-37,39-40,42-43,45-47,49-50,52-55H2,1-3H3,(H,66,73)/b11-8+,17-14+,19-16-,23-20-,26-25-,38-34-,44-41+,51-48+. The highest BCUT2D eigenvalue weighted by Crippen LogP contribution is 2.26. The molecule has 0 radical (unpaired) electrons. The molecule has 76 heavy (non-hydrogen) atoms. The lowest BCUT2D eigenvalue weighted by Gasteiger charge is -2.41. The third-order valence-electron chi connectivity index (χ3n) is 13.8. The van der Waals surface area contributed by atoms with E-state index in [1.807, 2.05) is 60.8 Å². The van der Waals surface area contributed by atoms with E-state index in [9.17, 15) is 35.1 Å². The maximum Gasteiger partial charge on any atom is 0.306 e. The van der Waals surface area contributed by atoms with E-state index in [0.29, 0.717) is 19.3 Å². The van der Waals surface area contributed by atoms with Gasteiger partial charge in [-0.3, -0.25) is 9.59 Å². The van der Waals surface area contributed by atoms with E-state index in [2.05, 4.69) is 56.5 Å². The number of amides is 1. The van der Waals surface area contributed by atoms with E-state index < -0.39 is 67.4 Å². The summed E-state index contributed by atoms with van der Waals surface area (Å²) in [4.78, 5) is 26.5. The summed E-state index contributed by atoms with van der Waals surface area (Å²) in [6.07, 6.45) is 58.9. The first-order chi connectivity index (χ1) is 37.2. The highest BCUT2D eigenvalue weighted by molar-refractivity contribution is 5.80. The van der Waals surface area contributed by atoms with Gasteiger partial charge in [0, 0.05) is 6.42 Å². The number of nitrogens with one attached hydrogen (secondary N) is 1. The van der Waals surface area contributed by atoms with Crippen LogP contribution in [0.2, 0.25) is 0 Å². The summed E-state index contributed by atoms with van der Waals surface area (Å²) >= 11 is 0. The third kappa shape index (κ3) is 39.9. The molecule has 1 fully saturated rings. The van der Waals surface area contributed by atoms with Crippen LogP contribution in [-0.4, -0.2) is 99.6 Å². The summed E-state index contributed by atoms with van der Waals surface area (Å²) in [6.45, 7) is 5.57. The zero-order chi connectivity index (χ0) is 55.4. The summed E-state index contributed by atoms with van der Waals surface area (Å²) in [5, 5.41) is 56.9. The van der Waals surface area contributed by atoms with Crippen LogP contribution in [0.5, 0.6) is 0 Å². The van der Waals surface area contributed by atoms with Gasteiger partial charge in [-0.25, -0.2) is 0 Å². The molecule has 6 N–H and O–H groups in total. The summed E-state index contributed by atoms with van der Waals surface area (Å²) < 4.78 is 17.5. The molecule has 436 valence electrons. The molecule has 8 unspecified atom stereocenters. The highest BCUT2D eigenvalue weighted by atomic mass is 16.7. The number of carbonyl (C=O) groups excluding carboxylic acids is 2. The number of carbonyl (C=O) groups is 2. The molecular weight excluding hydrogens is 955 g/mol. The SMILES string of the molecule is CC/C=C/C=C/C=C\C=C/C=C/CCCC(=O)OC1C(OCC(NC(=O)C(O)CCCCCCCCCCCCCC/C=C\C/C=C\CCCCC)C(O)/C=C/CCCCCCCCCCCC)OC(CO)C(O)C1O. The Labute approximate surface area is 463 Å². The molecule has 1 amide bonds. The lowest BCUT2D eigenvalue weighted by Crippen LogP contribution is -2.61. The van der Waals surface area contributed by atoms with Crippen LogP contribution in [0.3, 0.4) is 0 Å². The van der Waals surface area contributed by atoms with Crippen molar-refractivity contribution in [3.05, 3.63) is 97.2 Å². The van der Waals surface area contributed by atoms with Crippen LogP contribution in [0.15, 0.2) is 97.2 Å². The van der Waals surface area contributed by atoms with Crippen molar-refractivity contribution in [2.45, 2.75) is 288 Å². The van der Waals surface area contributed by atoms with Gasteiger partial charge in [-0.05, 0) is 70.6 Å². The quantitative estimate of drug-likeness (QED) is 0.0149. The van der Waals surface area contributed by atoms with Gasteiger partial charge in [-0.15, -0.1) is 0 Å². The number of esters is 1. The monoisotopic (exact) mass is 1070 g/mol. The zero-order valence-electron chi connectivity index (χ0n) is 48.1. The van der Waals surface area contributed by atoms with Crippen LogP contribution >= 0.6 is 0 Å². The Balaban J connectivity index is 2.68. The van der Waals surface area contributed by atoms with Gasteiger partial charge >= 0.3 is 5.97 Å². The number of rotatable bonds is 50. The molecule has 1 heterocycles. The average Bonchev–Trinajstić information content (AvgIpc) is 3.42. The molecule has 1 aliphatic heterocycles. The van der Waals surface area contributed by atoms with Gasteiger partial charge in [0.2, 0.25) is 5.91 Å². The van der Waals surface area contributed by atoms with Gasteiger partial charge < -0.3 is 45.1 Å². The minimum absolute atomic E-state index is 0.0234. The molecule has 0 aliphatic carbocycles. The van der Waals surface area contributed by atoms with Crippen LogP contribution in [-0.2, 0) is 23.8 Å². The molecule has 1 rings (SSSR count). The zero-order valence-corrected chi connectivity index (χ0v) is 48.1. The largest absolute Gasteiger partial charge is 0.454 e. The van der Waals surface area contributed by atoms with Crippen molar-refractivity contribution in [3.63, 3.8) is 0 Å². The number of aliphatic hydroxyl groups excluding tert-OH is 5. The van der Waals surface area contributed by atoms with Crippen molar-refractivity contribution in [1.29, 1.82) is 0 Å². The molecule has 0 bridgehead atoms. The van der Waals surface area contributed by atoms with Crippen LogP contribution in [0.4, 0.5) is 0 Å². The highest BCUT2D eigenvalue weighted by Gasteiger charge is 2.47. The van der Waals surface area contributed by atoms with Gasteiger partial charge in [0.25, 0.3) is 0 Å². The Kier molecular flexibility index (Phi) is 48.6. The van der Waals surface area contributed by atoms with E-state index in [4.69, 9.17) is 14.2 Å². The molecule has 0 aromatic rings. The molecule has 8 atom stereocenters. The predicted octanol–water partition coefficient (Wildman–Crippen LogP) is 14.3. The van der Waals surface area contributed by atoms with E-state index in [1.165, 1.54) is 128 Å². The van der Waals surface area contributed by atoms with Crippen molar-refractivity contribution in [2.75, 3.05) is 13.2 Å². The predicted molar refractivity (Wildman–Crippen MR) is 315 cm³/mol. The molecule has 1 saturated heterocycles. The lowest BCUT2D eigenvalue weighted by molar-refractivity contribution is -0.305. The van der Waals surface area contributed by atoms with Gasteiger partial charge in [0.15, 0.2) is 12.4 Å². The van der Waals surface area contributed by atoms with E-state index in [-0.39, 0.29) is 19.4 Å². The topological polar surface area (TPSA) is 175 Å². The van der Waals surface area contributed by atoms with Gasteiger partial charge in [0.05, 0.1) is 25.4 Å². The number of unbranched alkanes of at least 4 members (excludes halogenated alkanes) is 26. The van der Waals surface area contributed by atoms with E-state index in [1.54, 1.807) is 6.08 Å². The second kappa shape index (κ2) is 52.3. The minimum Gasteiger partial charge on any atom is -0.454 e. The minimum atomic E-state index is -1.65. The number of hydrogen-bond acceptors (Lipinski definition) is 10. The summed E-state index contributed by atoms with van der Waals surface area (Å²) in [7, 11) is 0. The Morgan fingerprint density at radius 3 is 1.54 bits per heavy atom. The third-order valence-corrected chi connectivity index (χ3v) is 13.8. The van der Waals surface area contributed by atoms with Crippen LogP contribution in [0, 0.1) is 0 Å². The van der Waals surface area contributed by atoms with Gasteiger partial charge in [-0.1, -0.05) is 259 Å². The Hall–Kier alpha value is -3.42. The molecule has 0 aromatic heterocycles. The van der Waals surface area contributed by atoms with Gasteiger partial charge in [-0.2, -0.15) is 0 Å². The first-order valence-corrected chi connectivity index (χ1v) is 30.6. The fourth-order valence-electron chi connectivity index (χ4n) is 9.01. The summed E-state index contributed by atoms with van der Waals surface area (Å²) in [5.74, 6) is -1.28. The smallest absolute Gasteiger partial charge is 0.306 e. The lowest BCUT2D eigenvalue weighted by atomic mass is 9.99. The number of hydrogen-bond donors (Lipinski definition) is 6. The summed E-state index contributed by atoms with van der Waals surface area (Å²) in [6, 6.07) is -1.04. The van der Waals surface area contributed by atoms with Crippen LogP contribution in [0.1, 0.15) is 239 Å². The van der Waals surface area contributed by atoms with E-state index in [0.717, 1.165) is 57.8 Å². The van der Waals surface area contributed by atoms with Gasteiger partial charge in [0.1, 0.15) is 24.4 Å². The van der Waals surface area contributed by atoms with Crippen molar-refractivity contribution in [1.82, 2.24) is 5.32 Å². The number of aliphatic hydroxyl groups is 5. The maximum absolute atomic E-state index is 13.4. The second-order valence-electron chi connectivity index (χ2n) is 20.8. The Bertz CT molecular complexity index is 1600. The second-order valence-corrected chi connectivity index (χ2v) is 20.8. The van der Waals surface area contributed by atoms with Crippen molar-refractivity contribution in [3.8, 4) is 0 Å². The molecule has 0 spiro atoms. The molecular formula is C65H111NO10. The number of ether oxygens (including phenoxy) is 3. The molecule has 11 heteroatoms. The maximum atomic E-state index is 13.4. The average molecular weight is 1070 g/mol. The molecule has 1 aliphatic rings. The fraction of sp³-hybridized carbons (Fsp3) is 0.723. The normalized spacial score (nSPS) is 19.8. The molecule has 0 aromatic carbocycles. The molecule has 11 nitrogen and oxygen atoms in total. The van der Waals surface area contributed by atoms with Crippen molar-refractivity contribution in [2.24, 2.45) is 0 Å². The Morgan fingerprint density at radius 1 is 0.539 bits per heavy atom. The first kappa shape index (κ1) is 70.6. The Morgan fingerprint density at radius 2 is 1.00 bits per heavy atom. The van der Waals surface area contributed by atoms with Crippen molar-refractivity contribution < 1.29 is 49.3 Å².